The predicted octanol–water partition coefficient (Wildman–Crippen LogP) is 0.107. The number of esters is 3. The maximum atomic E-state index is 12.1. The predicted molar refractivity (Wildman–Crippen MR) is 75.6 cm³/mol. The van der Waals surface area contributed by atoms with Crippen molar-refractivity contribution < 1.29 is 33.4 Å². The number of carbonyl (C=O) groups excluding carboxylic acids is 4. The molecular weight excluding hydrogens is 294 g/mol. The Morgan fingerprint density at radius 2 is 1.36 bits per heavy atom. The van der Waals surface area contributed by atoms with E-state index in [1.807, 2.05) is 0 Å². The van der Waals surface area contributed by atoms with Crippen LogP contribution in [0, 0.1) is 0 Å². The summed E-state index contributed by atoms with van der Waals surface area (Å²) in [6, 6.07) is 0. The number of nitrogens with one attached hydrogen (secondary N) is 1. The SMILES string of the molecule is CCOC(=O)/C=C/C(NC(C)=O)(C(=O)OCC)C(=O)OCC. The Labute approximate surface area is 128 Å². The maximum Gasteiger partial charge on any atom is 0.347 e. The van der Waals surface area contributed by atoms with Crippen molar-refractivity contribution in [3.8, 4) is 0 Å². The third-order valence-electron chi connectivity index (χ3n) is 2.32. The first kappa shape index (κ1) is 19.6. The lowest BCUT2D eigenvalue weighted by atomic mass is 9.98. The minimum Gasteiger partial charge on any atom is -0.464 e. The molecule has 0 radical (unpaired) electrons. The second-order valence-electron chi connectivity index (χ2n) is 4.02. The van der Waals surface area contributed by atoms with E-state index in [1.54, 1.807) is 6.92 Å². The van der Waals surface area contributed by atoms with Crippen molar-refractivity contribution >= 4 is 23.8 Å². The monoisotopic (exact) mass is 315 g/mol. The molecule has 0 aliphatic rings. The summed E-state index contributed by atoms with van der Waals surface area (Å²) in [7, 11) is 0. The molecule has 0 aromatic rings. The molecule has 8 heteroatoms. The van der Waals surface area contributed by atoms with Gasteiger partial charge in [0.2, 0.25) is 5.91 Å². The van der Waals surface area contributed by atoms with Crippen molar-refractivity contribution in [2.24, 2.45) is 0 Å². The summed E-state index contributed by atoms with van der Waals surface area (Å²) in [5.74, 6) is -3.55. The lowest BCUT2D eigenvalue weighted by Crippen LogP contribution is -2.59. The van der Waals surface area contributed by atoms with Crippen LogP contribution in [-0.2, 0) is 33.4 Å². The fraction of sp³-hybridized carbons (Fsp3) is 0.571. The fourth-order valence-electron chi connectivity index (χ4n) is 1.51. The standard InChI is InChI=1S/C14H21NO7/c1-5-20-11(17)8-9-14(15-10(4)16,12(18)21-6-2)13(19)22-7-3/h8-9H,5-7H2,1-4H3,(H,15,16)/b9-8+. The van der Waals surface area contributed by atoms with Crippen LogP contribution in [0.3, 0.4) is 0 Å². The van der Waals surface area contributed by atoms with Gasteiger partial charge >= 0.3 is 17.9 Å². The summed E-state index contributed by atoms with van der Waals surface area (Å²) in [6.07, 6.45) is 1.77. The minimum atomic E-state index is -2.23. The molecule has 0 unspecified atom stereocenters. The van der Waals surface area contributed by atoms with Gasteiger partial charge in [-0.05, 0) is 26.8 Å². The quantitative estimate of drug-likeness (QED) is 0.293. The van der Waals surface area contributed by atoms with Crippen molar-refractivity contribution in [1.82, 2.24) is 5.32 Å². The molecular formula is C14H21NO7. The summed E-state index contributed by atoms with van der Waals surface area (Å²) in [4.78, 5) is 47.1. The van der Waals surface area contributed by atoms with Crippen molar-refractivity contribution in [2.45, 2.75) is 33.2 Å². The molecule has 0 bridgehead atoms. The topological polar surface area (TPSA) is 108 Å². The average Bonchev–Trinajstić information content (AvgIpc) is 2.43. The van der Waals surface area contributed by atoms with E-state index in [0.717, 1.165) is 19.1 Å². The van der Waals surface area contributed by atoms with Crippen LogP contribution in [0.2, 0.25) is 0 Å². The number of carbonyl (C=O) groups is 4. The summed E-state index contributed by atoms with van der Waals surface area (Å²) >= 11 is 0. The van der Waals surface area contributed by atoms with E-state index < -0.39 is 29.4 Å². The molecule has 22 heavy (non-hydrogen) atoms. The largest absolute Gasteiger partial charge is 0.464 e. The van der Waals surface area contributed by atoms with Crippen molar-refractivity contribution in [3.63, 3.8) is 0 Å². The Balaban J connectivity index is 5.72. The maximum absolute atomic E-state index is 12.1. The number of ether oxygens (including phenoxy) is 3. The lowest BCUT2D eigenvalue weighted by Gasteiger charge is -2.26. The van der Waals surface area contributed by atoms with Crippen LogP contribution >= 0.6 is 0 Å². The van der Waals surface area contributed by atoms with E-state index in [0.29, 0.717) is 0 Å². The molecule has 1 N–H and O–H groups in total. The van der Waals surface area contributed by atoms with Crippen LogP contribution in [0.15, 0.2) is 12.2 Å². The zero-order valence-corrected chi connectivity index (χ0v) is 13.1. The Kier molecular flexibility index (Phi) is 8.51. The molecule has 0 saturated heterocycles. The molecule has 0 spiro atoms. The van der Waals surface area contributed by atoms with Gasteiger partial charge in [-0.25, -0.2) is 14.4 Å². The van der Waals surface area contributed by atoms with Gasteiger partial charge in [-0.15, -0.1) is 0 Å². The van der Waals surface area contributed by atoms with Crippen LogP contribution in [0.5, 0.6) is 0 Å². The van der Waals surface area contributed by atoms with E-state index in [9.17, 15) is 19.2 Å². The molecule has 0 saturated carbocycles. The van der Waals surface area contributed by atoms with Gasteiger partial charge in [0, 0.05) is 13.0 Å². The first-order valence-electron chi connectivity index (χ1n) is 6.83. The van der Waals surface area contributed by atoms with Crippen LogP contribution in [0.4, 0.5) is 0 Å². The van der Waals surface area contributed by atoms with Crippen LogP contribution < -0.4 is 5.32 Å². The number of hydrogen-bond donors (Lipinski definition) is 1. The molecule has 124 valence electrons. The van der Waals surface area contributed by atoms with Crippen LogP contribution in [0.25, 0.3) is 0 Å². The van der Waals surface area contributed by atoms with Gasteiger partial charge in [-0.3, -0.25) is 4.79 Å². The second kappa shape index (κ2) is 9.54. The summed E-state index contributed by atoms with van der Waals surface area (Å²) in [5, 5.41) is 2.18. The average molecular weight is 315 g/mol. The molecule has 0 rings (SSSR count). The van der Waals surface area contributed by atoms with Gasteiger partial charge in [-0.1, -0.05) is 0 Å². The van der Waals surface area contributed by atoms with Crippen LogP contribution in [0.1, 0.15) is 27.7 Å². The summed E-state index contributed by atoms with van der Waals surface area (Å²) in [5.41, 5.74) is -2.23. The van der Waals surface area contributed by atoms with Gasteiger partial charge in [-0.2, -0.15) is 0 Å². The van der Waals surface area contributed by atoms with E-state index in [2.05, 4.69) is 10.1 Å². The minimum absolute atomic E-state index is 0.0210. The second-order valence-corrected chi connectivity index (χ2v) is 4.02. The highest BCUT2D eigenvalue weighted by atomic mass is 16.6. The van der Waals surface area contributed by atoms with Crippen LogP contribution in [-0.4, -0.2) is 49.2 Å². The van der Waals surface area contributed by atoms with Crippen molar-refractivity contribution in [2.75, 3.05) is 19.8 Å². The number of rotatable bonds is 8. The molecule has 0 fully saturated rings. The first-order valence-corrected chi connectivity index (χ1v) is 6.83. The molecule has 0 aliphatic carbocycles. The Bertz CT molecular complexity index is 438. The zero-order valence-electron chi connectivity index (χ0n) is 13.1. The fourth-order valence-corrected chi connectivity index (χ4v) is 1.51. The van der Waals surface area contributed by atoms with E-state index in [4.69, 9.17) is 9.47 Å². The smallest absolute Gasteiger partial charge is 0.347 e. The first-order chi connectivity index (χ1) is 10.3. The molecule has 0 aromatic carbocycles. The van der Waals surface area contributed by atoms with E-state index in [-0.39, 0.29) is 19.8 Å². The number of hydrogen-bond acceptors (Lipinski definition) is 7. The summed E-state index contributed by atoms with van der Waals surface area (Å²) in [6.45, 7) is 5.87. The normalized spacial score (nSPS) is 10.9. The third-order valence-corrected chi connectivity index (χ3v) is 2.32. The molecule has 0 aliphatic heterocycles. The van der Waals surface area contributed by atoms with Gasteiger partial charge < -0.3 is 19.5 Å². The molecule has 0 aromatic heterocycles. The Morgan fingerprint density at radius 1 is 0.909 bits per heavy atom. The third kappa shape index (κ3) is 5.55. The molecule has 8 nitrogen and oxygen atoms in total. The van der Waals surface area contributed by atoms with E-state index in [1.165, 1.54) is 13.8 Å². The highest BCUT2D eigenvalue weighted by Crippen LogP contribution is 2.14. The van der Waals surface area contributed by atoms with E-state index >= 15 is 0 Å². The molecule has 0 heterocycles. The van der Waals surface area contributed by atoms with Gasteiger partial charge in [0.15, 0.2) is 0 Å². The molecule has 1 amide bonds. The van der Waals surface area contributed by atoms with Gasteiger partial charge in [0.1, 0.15) is 0 Å². The Morgan fingerprint density at radius 3 is 1.73 bits per heavy atom. The number of amides is 1. The lowest BCUT2D eigenvalue weighted by molar-refractivity contribution is -0.164. The van der Waals surface area contributed by atoms with Crippen molar-refractivity contribution in [1.29, 1.82) is 0 Å². The van der Waals surface area contributed by atoms with Gasteiger partial charge in [0.05, 0.1) is 19.8 Å². The zero-order chi connectivity index (χ0) is 17.2. The Hall–Kier alpha value is -2.38. The summed E-state index contributed by atoms with van der Waals surface area (Å²) < 4.78 is 14.3. The van der Waals surface area contributed by atoms with Gasteiger partial charge in [0.25, 0.3) is 5.54 Å². The highest BCUT2D eigenvalue weighted by Gasteiger charge is 2.48. The highest BCUT2D eigenvalue weighted by molar-refractivity contribution is 6.10. The van der Waals surface area contributed by atoms with Crippen molar-refractivity contribution in [3.05, 3.63) is 12.2 Å². The molecule has 0 atom stereocenters.